The van der Waals surface area contributed by atoms with E-state index in [1.54, 1.807) is 11.3 Å². The Hall–Kier alpha value is -2.92. The molecule has 39 heavy (non-hydrogen) atoms. The Kier molecular flexibility index (Phi) is 6.80. The van der Waals surface area contributed by atoms with Crippen molar-refractivity contribution in [3.05, 3.63) is 53.8 Å². The highest BCUT2D eigenvalue weighted by atomic mass is 32.1. The lowest BCUT2D eigenvalue weighted by atomic mass is 9.93. The van der Waals surface area contributed by atoms with Crippen LogP contribution < -0.4 is 10.2 Å². The van der Waals surface area contributed by atoms with E-state index < -0.39 is 0 Å². The first-order chi connectivity index (χ1) is 19.1. The van der Waals surface area contributed by atoms with Gasteiger partial charge < -0.3 is 15.0 Å². The summed E-state index contributed by atoms with van der Waals surface area (Å²) in [5, 5.41) is 15.6. The van der Waals surface area contributed by atoms with E-state index in [1.807, 2.05) is 25.4 Å². The molecule has 4 aromatic rings. The highest BCUT2D eigenvalue weighted by Crippen LogP contribution is 2.37. The Morgan fingerprint density at radius 1 is 1.13 bits per heavy atom. The van der Waals surface area contributed by atoms with Gasteiger partial charge in [0.05, 0.1) is 5.52 Å². The number of aryl methyl sites for hydroxylation is 1. The number of aromatic nitrogens is 4. The quantitative estimate of drug-likeness (QED) is 0.227. The maximum Gasteiger partial charge on any atom is 0.185 e. The summed E-state index contributed by atoms with van der Waals surface area (Å²) in [5.41, 5.74) is 5.08. The van der Waals surface area contributed by atoms with E-state index in [9.17, 15) is 0 Å². The maximum absolute atomic E-state index is 6.13. The summed E-state index contributed by atoms with van der Waals surface area (Å²) < 4.78 is 6.13. The van der Waals surface area contributed by atoms with Crippen molar-refractivity contribution in [2.24, 2.45) is 11.8 Å². The van der Waals surface area contributed by atoms with Gasteiger partial charge in [-0.1, -0.05) is 12.2 Å². The second-order valence-electron chi connectivity index (χ2n) is 11.0. The van der Waals surface area contributed by atoms with Gasteiger partial charge in [0.1, 0.15) is 11.8 Å². The molecule has 6 heterocycles. The number of likely N-dealkylation sites (tertiary alicyclic amines) is 1. The van der Waals surface area contributed by atoms with Crippen molar-refractivity contribution in [1.82, 2.24) is 25.1 Å². The fourth-order valence-corrected chi connectivity index (χ4v) is 7.28. The van der Waals surface area contributed by atoms with E-state index in [0.29, 0.717) is 11.8 Å². The second kappa shape index (κ2) is 10.6. The molecule has 0 aliphatic carbocycles. The van der Waals surface area contributed by atoms with Crippen molar-refractivity contribution in [1.29, 1.82) is 0 Å². The summed E-state index contributed by atoms with van der Waals surface area (Å²) in [5.74, 6) is 1.09. The number of anilines is 2. The van der Waals surface area contributed by atoms with Crippen LogP contribution in [0.4, 0.5) is 10.8 Å². The van der Waals surface area contributed by atoms with Gasteiger partial charge in [0, 0.05) is 77.1 Å². The molecule has 0 bridgehead atoms. The third kappa shape index (κ3) is 5.30. The minimum absolute atomic E-state index is 0.0630. The first-order valence-electron chi connectivity index (χ1n) is 13.8. The van der Waals surface area contributed by atoms with Gasteiger partial charge in [-0.3, -0.25) is 15.0 Å². The zero-order valence-corrected chi connectivity index (χ0v) is 23.7. The van der Waals surface area contributed by atoms with E-state index in [1.165, 1.54) is 11.3 Å². The third-order valence-electron chi connectivity index (χ3n) is 8.36. The highest BCUT2D eigenvalue weighted by Gasteiger charge is 2.47. The molecule has 3 aromatic heterocycles. The number of fused-ring (bicyclic) bond motifs is 1. The Morgan fingerprint density at radius 2 is 2.03 bits per heavy atom. The van der Waals surface area contributed by atoms with E-state index >= 15 is 0 Å². The summed E-state index contributed by atoms with van der Waals surface area (Å²) in [7, 11) is 0. The number of H-pyrrole nitrogens is 1. The molecule has 0 saturated carbocycles. The van der Waals surface area contributed by atoms with Crippen molar-refractivity contribution in [2.45, 2.75) is 38.5 Å². The average molecular weight is 560 g/mol. The lowest BCUT2D eigenvalue weighted by Gasteiger charge is -2.33. The third-order valence-corrected chi connectivity index (χ3v) is 9.66. The number of aromatic amines is 1. The number of ether oxygens (including phenoxy) is 1. The van der Waals surface area contributed by atoms with Gasteiger partial charge in [0.15, 0.2) is 11.4 Å². The van der Waals surface area contributed by atoms with Crippen molar-refractivity contribution in [3.63, 3.8) is 0 Å². The van der Waals surface area contributed by atoms with E-state index in [4.69, 9.17) is 17.0 Å². The van der Waals surface area contributed by atoms with Gasteiger partial charge in [-0.05, 0) is 69.0 Å². The molecule has 0 radical (unpaired) electrons. The van der Waals surface area contributed by atoms with Crippen LogP contribution in [0.15, 0.2) is 48.1 Å². The molecule has 8 nitrogen and oxygen atoms in total. The van der Waals surface area contributed by atoms with Crippen LogP contribution in [-0.4, -0.2) is 75.0 Å². The van der Waals surface area contributed by atoms with Crippen LogP contribution in [0.3, 0.4) is 0 Å². The van der Waals surface area contributed by atoms with Crippen molar-refractivity contribution >= 4 is 50.1 Å². The maximum atomic E-state index is 6.13. The molecule has 202 valence electrons. The predicted octanol–water partition coefficient (Wildman–Crippen LogP) is 5.14. The molecule has 3 saturated heterocycles. The van der Waals surface area contributed by atoms with E-state index in [2.05, 4.69) is 64.9 Å². The topological polar surface area (TPSA) is 85.5 Å². The molecule has 10 heteroatoms. The Balaban J connectivity index is 0.915. The van der Waals surface area contributed by atoms with Gasteiger partial charge in [0.25, 0.3) is 0 Å². The van der Waals surface area contributed by atoms with Crippen LogP contribution in [0, 0.1) is 18.8 Å². The molecule has 1 aromatic carbocycles. The molecule has 0 amide bonds. The molecule has 3 fully saturated rings. The van der Waals surface area contributed by atoms with Gasteiger partial charge in [-0.15, -0.1) is 11.3 Å². The number of thiazole rings is 1. The zero-order chi connectivity index (χ0) is 26.3. The summed E-state index contributed by atoms with van der Waals surface area (Å²) in [4.78, 5) is 15.0. The molecule has 0 spiro atoms. The minimum Gasteiger partial charge on any atom is -0.358 e. The summed E-state index contributed by atoms with van der Waals surface area (Å²) in [6.45, 7) is 7.21. The molecule has 2 N–H and O–H groups in total. The van der Waals surface area contributed by atoms with Crippen LogP contribution in [0.1, 0.15) is 25.0 Å². The van der Waals surface area contributed by atoms with Gasteiger partial charge in [-0.25, -0.2) is 4.98 Å². The normalized spacial score (nSPS) is 23.9. The molecule has 3 atom stereocenters. The van der Waals surface area contributed by atoms with Gasteiger partial charge >= 0.3 is 0 Å². The fraction of sp³-hybridized carbons (Fsp3) is 0.448. The first kappa shape index (κ1) is 25.1. The molecule has 2 unspecified atom stereocenters. The minimum atomic E-state index is 0.0630. The molecular formula is C29H33N7OS2. The summed E-state index contributed by atoms with van der Waals surface area (Å²) in [6, 6.07) is 10.4. The van der Waals surface area contributed by atoms with Crippen molar-refractivity contribution in [3.8, 4) is 11.3 Å². The number of thiocarbonyl (C=S) groups is 1. The predicted molar refractivity (Wildman–Crippen MR) is 161 cm³/mol. The van der Waals surface area contributed by atoms with Crippen LogP contribution >= 0.6 is 23.6 Å². The smallest absolute Gasteiger partial charge is 0.185 e. The molecule has 7 rings (SSSR count). The van der Waals surface area contributed by atoms with Crippen molar-refractivity contribution < 1.29 is 4.74 Å². The number of piperidine rings is 1. The first-order valence-corrected chi connectivity index (χ1v) is 15.1. The van der Waals surface area contributed by atoms with E-state index in [0.717, 1.165) is 84.2 Å². The second-order valence-corrected chi connectivity index (χ2v) is 12.4. The standard InChI is InChI=1S/C29H33N7OS2/c1-18-14-20(4-8-30-18)26-23-15-22(2-3-24(23)33-34-26)32-28-27(37-28)21-5-10-35(16-21)17-25(38)19-6-11-36(12-7-19)29-31-9-13-39-29/h2-4,8-9,13-15,19,21,27-28,32H,5-7,10-12,16-17H2,1H3,(H,33,34)/t21-,27?,28?/m1/s1. The number of hydrogen-bond donors (Lipinski definition) is 2. The van der Waals surface area contributed by atoms with Gasteiger partial charge in [-0.2, -0.15) is 5.10 Å². The Labute approximate surface area is 237 Å². The largest absolute Gasteiger partial charge is 0.358 e. The van der Waals surface area contributed by atoms with Crippen LogP contribution in [0.25, 0.3) is 22.2 Å². The average Bonchev–Trinajstić information content (AvgIpc) is 3.35. The number of benzene rings is 1. The lowest BCUT2D eigenvalue weighted by molar-refractivity contribution is 0.305. The lowest BCUT2D eigenvalue weighted by Crippen LogP contribution is -2.39. The highest BCUT2D eigenvalue weighted by molar-refractivity contribution is 7.80. The number of epoxide rings is 1. The Bertz CT molecular complexity index is 1460. The van der Waals surface area contributed by atoms with E-state index in [-0.39, 0.29) is 12.3 Å². The Morgan fingerprint density at radius 3 is 2.85 bits per heavy atom. The number of pyridine rings is 1. The van der Waals surface area contributed by atoms with Crippen LogP contribution in [0.2, 0.25) is 0 Å². The number of hydrogen-bond acceptors (Lipinski definition) is 9. The number of nitrogens with one attached hydrogen (secondary N) is 2. The van der Waals surface area contributed by atoms with Crippen molar-refractivity contribution in [2.75, 3.05) is 42.9 Å². The molecular weight excluding hydrogens is 527 g/mol. The van der Waals surface area contributed by atoms with Crippen LogP contribution in [0.5, 0.6) is 0 Å². The zero-order valence-electron chi connectivity index (χ0n) is 22.0. The van der Waals surface area contributed by atoms with Crippen LogP contribution in [-0.2, 0) is 4.74 Å². The molecule has 3 aliphatic rings. The summed E-state index contributed by atoms with van der Waals surface area (Å²) in [6.07, 6.45) is 7.48. The monoisotopic (exact) mass is 559 g/mol. The molecule has 3 aliphatic heterocycles. The summed E-state index contributed by atoms with van der Waals surface area (Å²) >= 11 is 7.66. The SMILES string of the molecule is Cc1cc(-c2n[nH]c3ccc(NC4OC4[C@@H]4CCN(CC(=S)C5CCN(c6nccs6)CC5)C4)cc23)ccn1. The fourth-order valence-electron chi connectivity index (χ4n) is 6.17. The van der Waals surface area contributed by atoms with Gasteiger partial charge in [0.2, 0.25) is 0 Å². The number of rotatable bonds is 8. The number of nitrogens with zero attached hydrogens (tertiary/aromatic N) is 5.